The summed E-state index contributed by atoms with van der Waals surface area (Å²) in [7, 11) is -3.88. The quantitative estimate of drug-likeness (QED) is 0.579. The number of alkyl halides is 3. The number of pyridine rings is 1. The van der Waals surface area contributed by atoms with Gasteiger partial charge in [0, 0.05) is 17.6 Å². The molecule has 156 valence electrons. The lowest BCUT2D eigenvalue weighted by molar-refractivity contribution is -0.140. The van der Waals surface area contributed by atoms with Crippen LogP contribution >= 0.6 is 0 Å². The van der Waals surface area contributed by atoms with Crippen LogP contribution in [0.1, 0.15) is 26.5 Å². The van der Waals surface area contributed by atoms with Crippen LogP contribution in [0.2, 0.25) is 0 Å². The second kappa shape index (κ2) is 7.12. The highest BCUT2D eigenvalue weighted by Gasteiger charge is 2.33. The molecule has 3 aromatic rings. The first kappa shape index (κ1) is 21.3. The van der Waals surface area contributed by atoms with E-state index < -0.39 is 33.5 Å². The minimum absolute atomic E-state index is 0.0206. The molecule has 0 bridgehead atoms. The van der Waals surface area contributed by atoms with Crippen LogP contribution in [-0.2, 0) is 16.2 Å². The second-order valence-corrected chi connectivity index (χ2v) is 9.04. The van der Waals surface area contributed by atoms with Crippen molar-refractivity contribution in [3.05, 3.63) is 48.3 Å². The number of hydrogen-bond acceptors (Lipinski definition) is 4. The number of nitrogens with zero attached hydrogens (tertiary/aromatic N) is 1. The first-order valence-corrected chi connectivity index (χ1v) is 10.2. The smallest absolute Gasteiger partial charge is 0.389 e. The molecule has 0 radical (unpaired) electrons. The molecule has 0 aliphatic carbocycles. The molecule has 29 heavy (non-hydrogen) atoms. The fraction of sp³-hybridized carbons (Fsp3) is 0.316. The molecular formula is C19H20F3N3O3S. The summed E-state index contributed by atoms with van der Waals surface area (Å²) in [6, 6.07) is 7.56. The Kier molecular flexibility index (Phi) is 5.22. The third-order valence-corrected chi connectivity index (χ3v) is 6.26. The van der Waals surface area contributed by atoms with Gasteiger partial charge in [-0.1, -0.05) is 12.1 Å². The Labute approximate surface area is 165 Å². The highest BCUT2D eigenvalue weighted by molar-refractivity contribution is 7.89. The van der Waals surface area contributed by atoms with E-state index in [1.54, 1.807) is 13.0 Å². The number of benzene rings is 1. The van der Waals surface area contributed by atoms with Gasteiger partial charge in [0.25, 0.3) is 0 Å². The summed E-state index contributed by atoms with van der Waals surface area (Å²) in [6.45, 7) is 4.53. The highest BCUT2D eigenvalue weighted by Crippen LogP contribution is 2.34. The van der Waals surface area contributed by atoms with Crippen molar-refractivity contribution in [2.45, 2.75) is 43.5 Å². The van der Waals surface area contributed by atoms with Gasteiger partial charge in [0.2, 0.25) is 10.0 Å². The van der Waals surface area contributed by atoms with E-state index in [2.05, 4.69) is 14.7 Å². The lowest BCUT2D eigenvalue weighted by atomic mass is 10.0. The fourth-order valence-corrected chi connectivity index (χ4v) is 4.07. The van der Waals surface area contributed by atoms with Crippen molar-refractivity contribution < 1.29 is 26.7 Å². The number of sulfonamides is 1. The lowest BCUT2D eigenvalue weighted by Crippen LogP contribution is -2.47. The molecule has 0 aliphatic heterocycles. The van der Waals surface area contributed by atoms with Gasteiger partial charge < -0.3 is 10.1 Å². The van der Waals surface area contributed by atoms with E-state index in [0.29, 0.717) is 11.1 Å². The Morgan fingerprint density at radius 1 is 1.14 bits per heavy atom. The molecule has 3 N–H and O–H groups in total. The number of H-pyrrole nitrogens is 1. The Bertz CT molecular complexity index is 1130. The van der Waals surface area contributed by atoms with Gasteiger partial charge in [-0.2, -0.15) is 13.2 Å². The molecule has 3 rings (SSSR count). The fourth-order valence-electron chi connectivity index (χ4n) is 2.69. The first-order valence-electron chi connectivity index (χ1n) is 8.69. The van der Waals surface area contributed by atoms with E-state index in [1.807, 2.05) is 0 Å². The summed E-state index contributed by atoms with van der Waals surface area (Å²) < 4.78 is 66.4. The van der Waals surface area contributed by atoms with Crippen molar-refractivity contribution in [1.29, 1.82) is 0 Å². The molecule has 6 nitrogen and oxygen atoms in total. The third-order valence-electron chi connectivity index (χ3n) is 4.70. The first-order chi connectivity index (χ1) is 13.3. The van der Waals surface area contributed by atoms with E-state index in [9.17, 15) is 26.7 Å². The molecule has 0 spiro atoms. The predicted molar refractivity (Wildman–Crippen MR) is 103 cm³/mol. The number of aliphatic hydroxyl groups is 1. The van der Waals surface area contributed by atoms with Gasteiger partial charge >= 0.3 is 6.18 Å². The second-order valence-electron chi connectivity index (χ2n) is 7.32. The van der Waals surface area contributed by atoms with Crippen molar-refractivity contribution in [3.63, 3.8) is 0 Å². The zero-order valence-electron chi connectivity index (χ0n) is 15.9. The van der Waals surface area contributed by atoms with Gasteiger partial charge in [-0.25, -0.2) is 18.1 Å². The van der Waals surface area contributed by atoms with Crippen LogP contribution in [0, 0.1) is 0 Å². The van der Waals surface area contributed by atoms with Gasteiger partial charge in [0.15, 0.2) is 0 Å². The number of halogens is 3. The summed E-state index contributed by atoms with van der Waals surface area (Å²) in [5.41, 5.74) is -1.04. The standard InChI is InChI=1S/C19H20F3N3O3S/c1-11(18(2,3)26)25-29(27,28)13-6-4-12(5-7-13)14-8-9-23-17-15(14)10-16(24-17)19(20,21)22/h4-11,25-26H,1-3H3,(H,23,24). The summed E-state index contributed by atoms with van der Waals surface area (Å²) in [5.74, 6) is 0. The zero-order valence-corrected chi connectivity index (χ0v) is 16.7. The molecule has 0 fully saturated rings. The van der Waals surface area contributed by atoms with Crippen LogP contribution in [0.3, 0.4) is 0 Å². The van der Waals surface area contributed by atoms with Crippen molar-refractivity contribution in [2.75, 3.05) is 0 Å². The van der Waals surface area contributed by atoms with E-state index in [1.165, 1.54) is 44.3 Å². The number of aromatic nitrogens is 2. The molecule has 0 amide bonds. The van der Waals surface area contributed by atoms with Crippen molar-refractivity contribution in [2.24, 2.45) is 0 Å². The normalized spacial score (nSPS) is 14.3. The van der Waals surface area contributed by atoms with Crippen LogP contribution in [0.5, 0.6) is 0 Å². The average molecular weight is 427 g/mol. The van der Waals surface area contributed by atoms with Crippen LogP contribution in [0.15, 0.2) is 47.5 Å². The molecule has 1 unspecified atom stereocenters. The highest BCUT2D eigenvalue weighted by atomic mass is 32.2. The van der Waals surface area contributed by atoms with Crippen LogP contribution in [-0.4, -0.2) is 35.1 Å². The SMILES string of the molecule is CC(NS(=O)(=O)c1ccc(-c2ccnc3[nH]c(C(F)(F)F)cc23)cc1)C(C)(C)O. The number of nitrogens with one attached hydrogen (secondary N) is 2. The van der Waals surface area contributed by atoms with E-state index in [-0.39, 0.29) is 15.9 Å². The summed E-state index contributed by atoms with van der Waals surface area (Å²) in [4.78, 5) is 6.16. The Morgan fingerprint density at radius 3 is 2.31 bits per heavy atom. The molecule has 0 saturated carbocycles. The lowest BCUT2D eigenvalue weighted by Gasteiger charge is -2.26. The van der Waals surface area contributed by atoms with E-state index >= 15 is 0 Å². The number of rotatable bonds is 5. The molecule has 10 heteroatoms. The minimum Gasteiger partial charge on any atom is -0.389 e. The number of aromatic amines is 1. The Hall–Kier alpha value is -2.43. The zero-order chi connectivity index (χ0) is 21.6. The Balaban J connectivity index is 1.96. The summed E-state index contributed by atoms with van der Waals surface area (Å²) >= 11 is 0. The summed E-state index contributed by atoms with van der Waals surface area (Å²) in [6.07, 6.45) is -3.15. The maximum atomic E-state index is 13.0. The molecule has 0 saturated heterocycles. The average Bonchev–Trinajstić information content (AvgIpc) is 3.05. The van der Waals surface area contributed by atoms with Gasteiger partial charge in [0.05, 0.1) is 10.5 Å². The van der Waals surface area contributed by atoms with E-state index in [4.69, 9.17) is 0 Å². The van der Waals surface area contributed by atoms with Crippen molar-refractivity contribution >= 4 is 21.1 Å². The summed E-state index contributed by atoms with van der Waals surface area (Å²) in [5, 5.41) is 10.2. The molecule has 0 aliphatic rings. The predicted octanol–water partition coefficient (Wildman–Crippen LogP) is 3.69. The maximum absolute atomic E-state index is 13.0. The third kappa shape index (κ3) is 4.44. The largest absolute Gasteiger partial charge is 0.431 e. The number of fused-ring (bicyclic) bond motifs is 1. The van der Waals surface area contributed by atoms with Gasteiger partial charge in [0.1, 0.15) is 11.3 Å². The molecule has 2 heterocycles. The van der Waals surface area contributed by atoms with Gasteiger partial charge in [-0.15, -0.1) is 0 Å². The molecule has 1 aromatic carbocycles. The maximum Gasteiger partial charge on any atom is 0.431 e. The molecular weight excluding hydrogens is 407 g/mol. The number of hydrogen-bond donors (Lipinski definition) is 3. The topological polar surface area (TPSA) is 95.1 Å². The van der Waals surface area contributed by atoms with Gasteiger partial charge in [-0.05, 0) is 56.2 Å². The van der Waals surface area contributed by atoms with Crippen molar-refractivity contribution in [1.82, 2.24) is 14.7 Å². The van der Waals surface area contributed by atoms with Crippen molar-refractivity contribution in [3.8, 4) is 11.1 Å². The Morgan fingerprint density at radius 2 is 1.76 bits per heavy atom. The monoisotopic (exact) mass is 427 g/mol. The van der Waals surface area contributed by atoms with Gasteiger partial charge in [-0.3, -0.25) is 0 Å². The van der Waals surface area contributed by atoms with Crippen LogP contribution in [0.4, 0.5) is 13.2 Å². The van der Waals surface area contributed by atoms with E-state index in [0.717, 1.165) is 6.07 Å². The van der Waals surface area contributed by atoms with Crippen LogP contribution < -0.4 is 4.72 Å². The molecule has 1 atom stereocenters. The van der Waals surface area contributed by atoms with Crippen LogP contribution in [0.25, 0.3) is 22.2 Å². The molecule has 2 aromatic heterocycles. The minimum atomic E-state index is -4.53.